The van der Waals surface area contributed by atoms with Gasteiger partial charge in [-0.3, -0.25) is 4.79 Å². The number of carboxylic acids is 1. The predicted molar refractivity (Wildman–Crippen MR) is 111 cm³/mol. The van der Waals surface area contributed by atoms with Gasteiger partial charge in [0, 0.05) is 11.6 Å². The summed E-state index contributed by atoms with van der Waals surface area (Å²) in [4.78, 5) is 10.9. The third-order valence-electron chi connectivity index (χ3n) is 5.44. The molecule has 5 nitrogen and oxygen atoms in total. The van der Waals surface area contributed by atoms with E-state index >= 15 is 0 Å². The molecule has 2 atom stereocenters. The van der Waals surface area contributed by atoms with Gasteiger partial charge in [-0.25, -0.2) is 0 Å². The standard InChI is InChI=1S/C15H20O4.C8H11N/c1-8-9(2)14-11(10(3)13(8)18)5-6-15(4,19-14)7-12(16)17;1-7(9)8-5-3-2-4-6-8/h18H,5-7H2,1-4H3,(H,16,17);2-7H,9H2,1H3/t15-;7-/m11/s1. The minimum absolute atomic E-state index is 0.00908. The molecule has 0 bridgehead atoms. The lowest BCUT2D eigenvalue weighted by molar-refractivity contribution is -0.141. The van der Waals surface area contributed by atoms with E-state index in [0.717, 1.165) is 34.4 Å². The van der Waals surface area contributed by atoms with E-state index < -0.39 is 11.6 Å². The number of rotatable bonds is 3. The largest absolute Gasteiger partial charge is 0.507 e. The van der Waals surface area contributed by atoms with Gasteiger partial charge in [0.05, 0.1) is 6.42 Å². The van der Waals surface area contributed by atoms with Crippen molar-refractivity contribution >= 4 is 5.97 Å². The van der Waals surface area contributed by atoms with Crippen LogP contribution in [-0.4, -0.2) is 21.8 Å². The van der Waals surface area contributed by atoms with Crippen LogP contribution in [-0.2, 0) is 11.2 Å². The Morgan fingerprint density at radius 1 is 1.18 bits per heavy atom. The zero-order valence-corrected chi connectivity index (χ0v) is 17.4. The molecule has 0 saturated carbocycles. The SMILES string of the molecule is C[C@@H](N)c1ccccc1.Cc1c(C)c2c(c(C)c1O)CC[C@](C)(CC(=O)O)O2. The van der Waals surface area contributed by atoms with Crippen molar-refractivity contribution in [3.8, 4) is 11.5 Å². The summed E-state index contributed by atoms with van der Waals surface area (Å²) in [5.41, 5.74) is 9.68. The number of hydrogen-bond acceptors (Lipinski definition) is 4. The fourth-order valence-corrected chi connectivity index (χ4v) is 3.50. The summed E-state index contributed by atoms with van der Waals surface area (Å²) in [5.74, 6) is 0.223. The van der Waals surface area contributed by atoms with Gasteiger partial charge in [-0.05, 0) is 69.7 Å². The van der Waals surface area contributed by atoms with Crippen LogP contribution in [0.3, 0.4) is 0 Å². The Hall–Kier alpha value is -2.53. The molecule has 0 unspecified atom stereocenters. The molecule has 2 aromatic rings. The van der Waals surface area contributed by atoms with Gasteiger partial charge in [0.25, 0.3) is 0 Å². The number of benzene rings is 2. The molecule has 28 heavy (non-hydrogen) atoms. The minimum atomic E-state index is -0.851. The van der Waals surface area contributed by atoms with Gasteiger partial charge in [-0.2, -0.15) is 0 Å². The number of fused-ring (bicyclic) bond motifs is 1. The van der Waals surface area contributed by atoms with Crippen LogP contribution in [0.5, 0.6) is 11.5 Å². The normalized spacial score (nSPS) is 18.9. The number of phenolic OH excluding ortho intramolecular Hbond substituents is 1. The van der Waals surface area contributed by atoms with Crippen LogP contribution in [0.4, 0.5) is 0 Å². The van der Waals surface area contributed by atoms with Crippen LogP contribution in [0.1, 0.15) is 60.5 Å². The Bertz CT molecular complexity index is 846. The number of ether oxygens (including phenoxy) is 1. The number of nitrogens with two attached hydrogens (primary N) is 1. The number of carbonyl (C=O) groups is 1. The molecule has 3 rings (SSSR count). The smallest absolute Gasteiger partial charge is 0.307 e. The molecular formula is C23H31NO4. The maximum atomic E-state index is 10.9. The van der Waals surface area contributed by atoms with Gasteiger partial charge in [-0.1, -0.05) is 30.3 Å². The van der Waals surface area contributed by atoms with Crippen LogP contribution >= 0.6 is 0 Å². The maximum Gasteiger partial charge on any atom is 0.307 e. The summed E-state index contributed by atoms with van der Waals surface area (Å²) in [6.45, 7) is 9.45. The van der Waals surface area contributed by atoms with E-state index in [2.05, 4.69) is 0 Å². The molecule has 152 valence electrons. The minimum Gasteiger partial charge on any atom is -0.507 e. The summed E-state index contributed by atoms with van der Waals surface area (Å²) >= 11 is 0. The van der Waals surface area contributed by atoms with Crippen LogP contribution in [0, 0.1) is 20.8 Å². The second-order valence-corrected chi connectivity index (χ2v) is 7.85. The average molecular weight is 386 g/mol. The van der Waals surface area contributed by atoms with Gasteiger partial charge in [0.15, 0.2) is 0 Å². The van der Waals surface area contributed by atoms with E-state index in [9.17, 15) is 9.90 Å². The molecule has 0 amide bonds. The van der Waals surface area contributed by atoms with Crippen molar-refractivity contribution < 1.29 is 19.7 Å². The lowest BCUT2D eigenvalue weighted by Crippen LogP contribution is -2.39. The fraction of sp³-hybridized carbons (Fsp3) is 0.435. The van der Waals surface area contributed by atoms with Crippen LogP contribution < -0.4 is 10.5 Å². The predicted octanol–water partition coefficient (Wildman–Crippen LogP) is 4.58. The van der Waals surface area contributed by atoms with Crippen LogP contribution in [0.25, 0.3) is 0 Å². The highest BCUT2D eigenvalue weighted by Gasteiger charge is 2.36. The third kappa shape index (κ3) is 4.84. The summed E-state index contributed by atoms with van der Waals surface area (Å²) in [6, 6.07) is 10.2. The van der Waals surface area contributed by atoms with Crippen molar-refractivity contribution in [3.63, 3.8) is 0 Å². The molecule has 0 radical (unpaired) electrons. The molecule has 0 aliphatic carbocycles. The number of hydrogen-bond donors (Lipinski definition) is 3. The van der Waals surface area contributed by atoms with E-state index in [4.69, 9.17) is 15.6 Å². The molecule has 0 saturated heterocycles. The number of phenols is 1. The van der Waals surface area contributed by atoms with E-state index in [1.54, 1.807) is 0 Å². The average Bonchev–Trinajstić information content (AvgIpc) is 2.65. The molecule has 5 heteroatoms. The molecule has 0 spiro atoms. The molecule has 1 aliphatic rings. The van der Waals surface area contributed by atoms with Crippen molar-refractivity contribution in [3.05, 3.63) is 58.1 Å². The van der Waals surface area contributed by atoms with Gasteiger partial charge in [-0.15, -0.1) is 0 Å². The second kappa shape index (κ2) is 8.65. The molecule has 0 aromatic heterocycles. The Kier molecular flexibility index (Phi) is 6.73. The lowest BCUT2D eigenvalue weighted by atomic mass is 9.85. The second-order valence-electron chi connectivity index (χ2n) is 7.85. The summed E-state index contributed by atoms with van der Waals surface area (Å²) < 4.78 is 5.99. The highest BCUT2D eigenvalue weighted by Crippen LogP contribution is 2.43. The summed E-state index contributed by atoms with van der Waals surface area (Å²) in [6.07, 6.45) is 1.37. The Balaban J connectivity index is 0.000000261. The summed E-state index contributed by atoms with van der Waals surface area (Å²) in [5, 5.41) is 19.1. The van der Waals surface area contributed by atoms with Gasteiger partial charge < -0.3 is 20.7 Å². The fourth-order valence-electron chi connectivity index (χ4n) is 3.50. The van der Waals surface area contributed by atoms with E-state index in [1.807, 2.05) is 65.0 Å². The van der Waals surface area contributed by atoms with Gasteiger partial charge >= 0.3 is 5.97 Å². The first-order valence-corrected chi connectivity index (χ1v) is 9.58. The van der Waals surface area contributed by atoms with Crippen molar-refractivity contribution in [1.29, 1.82) is 0 Å². The van der Waals surface area contributed by atoms with E-state index in [1.165, 1.54) is 5.56 Å². The first kappa shape index (κ1) is 21.8. The lowest BCUT2D eigenvalue weighted by Gasteiger charge is -2.37. The zero-order chi connectivity index (χ0) is 21.1. The van der Waals surface area contributed by atoms with E-state index in [0.29, 0.717) is 12.2 Å². The third-order valence-corrected chi connectivity index (χ3v) is 5.44. The molecule has 1 heterocycles. The number of aromatic hydroxyl groups is 1. The molecule has 1 aliphatic heterocycles. The number of carboxylic acid groups (broad SMARTS) is 1. The summed E-state index contributed by atoms with van der Waals surface area (Å²) in [7, 11) is 0. The van der Waals surface area contributed by atoms with Crippen molar-refractivity contribution in [2.75, 3.05) is 0 Å². The molecule has 2 aromatic carbocycles. The van der Waals surface area contributed by atoms with Crippen molar-refractivity contribution in [2.24, 2.45) is 5.73 Å². The van der Waals surface area contributed by atoms with Gasteiger partial charge in [0.2, 0.25) is 0 Å². The highest BCUT2D eigenvalue weighted by molar-refractivity contribution is 5.68. The zero-order valence-electron chi connectivity index (χ0n) is 17.4. The number of aliphatic carboxylic acids is 1. The quantitative estimate of drug-likeness (QED) is 0.719. The first-order valence-electron chi connectivity index (χ1n) is 9.58. The Morgan fingerprint density at radius 3 is 2.29 bits per heavy atom. The van der Waals surface area contributed by atoms with Crippen LogP contribution in [0.15, 0.2) is 30.3 Å². The Labute approximate surface area is 167 Å². The van der Waals surface area contributed by atoms with Gasteiger partial charge in [0.1, 0.15) is 17.1 Å². The molecular weight excluding hydrogens is 354 g/mol. The highest BCUT2D eigenvalue weighted by atomic mass is 16.5. The topological polar surface area (TPSA) is 92.8 Å². The first-order chi connectivity index (χ1) is 13.1. The monoisotopic (exact) mass is 385 g/mol. The van der Waals surface area contributed by atoms with Crippen molar-refractivity contribution in [1.82, 2.24) is 0 Å². The van der Waals surface area contributed by atoms with Crippen molar-refractivity contribution in [2.45, 2.75) is 65.5 Å². The molecule has 0 fully saturated rings. The Morgan fingerprint density at radius 2 is 1.79 bits per heavy atom. The maximum absolute atomic E-state index is 10.9. The van der Waals surface area contributed by atoms with E-state index in [-0.39, 0.29) is 12.5 Å². The molecule has 4 N–H and O–H groups in total. The van der Waals surface area contributed by atoms with Crippen LogP contribution in [0.2, 0.25) is 0 Å².